The van der Waals surface area contributed by atoms with Crippen molar-refractivity contribution >= 4 is 0 Å². The van der Waals surface area contributed by atoms with Gasteiger partial charge in [-0.3, -0.25) is 4.98 Å². The SMILES string of the molecule is COc1cccc(CN[C@@H](C)c2cccnc2)c1. The van der Waals surface area contributed by atoms with Crippen molar-refractivity contribution in [1.82, 2.24) is 10.3 Å². The first-order valence-corrected chi connectivity index (χ1v) is 6.06. The average molecular weight is 242 g/mol. The van der Waals surface area contributed by atoms with Crippen LogP contribution in [-0.4, -0.2) is 12.1 Å². The van der Waals surface area contributed by atoms with Gasteiger partial charge in [-0.15, -0.1) is 0 Å². The number of methoxy groups -OCH3 is 1. The number of aromatic nitrogens is 1. The lowest BCUT2D eigenvalue weighted by atomic mass is 10.1. The van der Waals surface area contributed by atoms with Crippen LogP contribution in [0.1, 0.15) is 24.1 Å². The van der Waals surface area contributed by atoms with Gasteiger partial charge in [-0.05, 0) is 36.2 Å². The van der Waals surface area contributed by atoms with Crippen molar-refractivity contribution in [3.8, 4) is 5.75 Å². The topological polar surface area (TPSA) is 34.1 Å². The highest BCUT2D eigenvalue weighted by Crippen LogP contribution is 2.14. The van der Waals surface area contributed by atoms with Crippen LogP contribution < -0.4 is 10.1 Å². The number of hydrogen-bond donors (Lipinski definition) is 1. The van der Waals surface area contributed by atoms with E-state index in [1.165, 1.54) is 11.1 Å². The molecule has 1 heterocycles. The van der Waals surface area contributed by atoms with Gasteiger partial charge in [0.1, 0.15) is 5.75 Å². The van der Waals surface area contributed by atoms with Gasteiger partial charge >= 0.3 is 0 Å². The lowest BCUT2D eigenvalue weighted by molar-refractivity contribution is 0.414. The van der Waals surface area contributed by atoms with Crippen LogP contribution >= 0.6 is 0 Å². The van der Waals surface area contributed by atoms with E-state index in [0.717, 1.165) is 12.3 Å². The van der Waals surface area contributed by atoms with Crippen molar-refractivity contribution in [1.29, 1.82) is 0 Å². The maximum atomic E-state index is 5.21. The Balaban J connectivity index is 1.95. The van der Waals surface area contributed by atoms with E-state index < -0.39 is 0 Å². The molecule has 0 aliphatic carbocycles. The molecule has 0 amide bonds. The zero-order valence-electron chi connectivity index (χ0n) is 10.8. The second-order valence-electron chi connectivity index (χ2n) is 4.24. The fraction of sp³-hybridized carbons (Fsp3) is 0.267. The van der Waals surface area contributed by atoms with Gasteiger partial charge in [-0.2, -0.15) is 0 Å². The summed E-state index contributed by atoms with van der Waals surface area (Å²) in [5, 5.41) is 3.47. The first-order chi connectivity index (χ1) is 8.79. The molecular weight excluding hydrogens is 224 g/mol. The van der Waals surface area contributed by atoms with E-state index in [1.54, 1.807) is 13.3 Å². The van der Waals surface area contributed by atoms with Gasteiger partial charge in [-0.1, -0.05) is 18.2 Å². The highest BCUT2D eigenvalue weighted by Gasteiger charge is 2.04. The number of ether oxygens (including phenoxy) is 1. The highest BCUT2D eigenvalue weighted by atomic mass is 16.5. The third-order valence-electron chi connectivity index (χ3n) is 2.93. The molecule has 0 radical (unpaired) electrons. The standard InChI is InChI=1S/C15H18N2O/c1-12(14-6-4-8-16-11-14)17-10-13-5-3-7-15(9-13)18-2/h3-9,11-12,17H,10H2,1-2H3/t12-/m0/s1. The summed E-state index contributed by atoms with van der Waals surface area (Å²) in [5.74, 6) is 0.892. The third-order valence-corrected chi connectivity index (χ3v) is 2.93. The summed E-state index contributed by atoms with van der Waals surface area (Å²) in [7, 11) is 1.69. The zero-order chi connectivity index (χ0) is 12.8. The fourth-order valence-corrected chi connectivity index (χ4v) is 1.80. The molecule has 0 spiro atoms. The van der Waals surface area contributed by atoms with Crippen LogP contribution in [0.3, 0.4) is 0 Å². The minimum absolute atomic E-state index is 0.282. The summed E-state index contributed by atoms with van der Waals surface area (Å²) in [6.45, 7) is 2.95. The van der Waals surface area contributed by atoms with E-state index in [1.807, 2.05) is 30.5 Å². The predicted molar refractivity (Wildman–Crippen MR) is 72.5 cm³/mol. The molecule has 0 aliphatic heterocycles. The van der Waals surface area contributed by atoms with E-state index in [4.69, 9.17) is 4.74 Å². The summed E-state index contributed by atoms with van der Waals surface area (Å²) in [5.41, 5.74) is 2.41. The van der Waals surface area contributed by atoms with Crippen LogP contribution in [0.15, 0.2) is 48.8 Å². The summed E-state index contributed by atoms with van der Waals surface area (Å²) in [4.78, 5) is 4.13. The minimum Gasteiger partial charge on any atom is -0.497 e. The van der Waals surface area contributed by atoms with Crippen molar-refractivity contribution in [3.63, 3.8) is 0 Å². The van der Waals surface area contributed by atoms with Crippen molar-refractivity contribution in [2.75, 3.05) is 7.11 Å². The molecule has 94 valence electrons. The molecule has 0 saturated heterocycles. The first kappa shape index (κ1) is 12.6. The van der Waals surface area contributed by atoms with Crippen molar-refractivity contribution in [2.24, 2.45) is 0 Å². The molecule has 1 atom stereocenters. The summed E-state index contributed by atoms with van der Waals surface area (Å²) < 4.78 is 5.21. The van der Waals surface area contributed by atoms with Gasteiger partial charge in [0.2, 0.25) is 0 Å². The van der Waals surface area contributed by atoms with Crippen LogP contribution in [-0.2, 0) is 6.54 Å². The van der Waals surface area contributed by atoms with Gasteiger partial charge < -0.3 is 10.1 Å². The maximum Gasteiger partial charge on any atom is 0.119 e. The predicted octanol–water partition coefficient (Wildman–Crippen LogP) is 2.94. The molecule has 1 aromatic heterocycles. The van der Waals surface area contributed by atoms with Crippen LogP contribution in [0.5, 0.6) is 5.75 Å². The Morgan fingerprint density at radius 1 is 1.28 bits per heavy atom. The number of nitrogens with zero attached hydrogens (tertiary/aromatic N) is 1. The van der Waals surface area contributed by atoms with Crippen LogP contribution in [0.4, 0.5) is 0 Å². The van der Waals surface area contributed by atoms with E-state index in [9.17, 15) is 0 Å². The molecule has 2 rings (SSSR count). The number of rotatable bonds is 5. The van der Waals surface area contributed by atoms with Gasteiger partial charge in [0.25, 0.3) is 0 Å². The Morgan fingerprint density at radius 2 is 2.17 bits per heavy atom. The Morgan fingerprint density at radius 3 is 2.89 bits per heavy atom. The second-order valence-corrected chi connectivity index (χ2v) is 4.24. The Hall–Kier alpha value is -1.87. The third kappa shape index (κ3) is 3.31. The number of pyridine rings is 1. The van der Waals surface area contributed by atoms with Crippen LogP contribution in [0.25, 0.3) is 0 Å². The molecule has 0 fully saturated rings. The van der Waals surface area contributed by atoms with E-state index >= 15 is 0 Å². The quantitative estimate of drug-likeness (QED) is 0.875. The van der Waals surface area contributed by atoms with Crippen LogP contribution in [0.2, 0.25) is 0 Å². The second kappa shape index (κ2) is 6.17. The smallest absolute Gasteiger partial charge is 0.119 e. The molecule has 3 heteroatoms. The monoisotopic (exact) mass is 242 g/mol. The molecule has 0 aliphatic rings. The summed E-state index contributed by atoms with van der Waals surface area (Å²) >= 11 is 0. The maximum absolute atomic E-state index is 5.21. The molecule has 2 aromatic rings. The van der Waals surface area contributed by atoms with E-state index in [-0.39, 0.29) is 6.04 Å². The van der Waals surface area contributed by atoms with Crippen molar-refractivity contribution < 1.29 is 4.74 Å². The van der Waals surface area contributed by atoms with Gasteiger partial charge in [0, 0.05) is 25.0 Å². The van der Waals surface area contributed by atoms with Gasteiger partial charge in [0.15, 0.2) is 0 Å². The van der Waals surface area contributed by atoms with Gasteiger partial charge in [0.05, 0.1) is 7.11 Å². The van der Waals surface area contributed by atoms with E-state index in [0.29, 0.717) is 0 Å². The molecule has 1 N–H and O–H groups in total. The van der Waals surface area contributed by atoms with Crippen molar-refractivity contribution in [3.05, 3.63) is 59.9 Å². The first-order valence-electron chi connectivity index (χ1n) is 6.06. The molecule has 1 aromatic carbocycles. The lowest BCUT2D eigenvalue weighted by Crippen LogP contribution is -2.18. The number of benzene rings is 1. The largest absolute Gasteiger partial charge is 0.497 e. The zero-order valence-corrected chi connectivity index (χ0v) is 10.8. The van der Waals surface area contributed by atoms with E-state index in [2.05, 4.69) is 29.4 Å². The minimum atomic E-state index is 0.282. The fourth-order valence-electron chi connectivity index (χ4n) is 1.80. The Labute approximate surface area is 108 Å². The highest BCUT2D eigenvalue weighted by molar-refractivity contribution is 5.28. The average Bonchev–Trinajstić information content (AvgIpc) is 2.46. The molecule has 0 unspecified atom stereocenters. The molecule has 0 bridgehead atoms. The Bertz CT molecular complexity index is 485. The molecule has 0 saturated carbocycles. The number of nitrogens with one attached hydrogen (secondary N) is 1. The van der Waals surface area contributed by atoms with Crippen molar-refractivity contribution in [2.45, 2.75) is 19.5 Å². The summed E-state index contributed by atoms with van der Waals surface area (Å²) in [6, 6.07) is 12.4. The molecule has 3 nitrogen and oxygen atoms in total. The lowest BCUT2D eigenvalue weighted by Gasteiger charge is -2.14. The Kier molecular flexibility index (Phi) is 4.31. The molecular formula is C15H18N2O. The van der Waals surface area contributed by atoms with Crippen LogP contribution in [0, 0.1) is 0 Å². The normalized spacial score (nSPS) is 12.1. The summed E-state index contributed by atoms with van der Waals surface area (Å²) in [6.07, 6.45) is 3.68. The van der Waals surface area contributed by atoms with Gasteiger partial charge in [-0.25, -0.2) is 0 Å². The molecule has 18 heavy (non-hydrogen) atoms. The number of hydrogen-bond acceptors (Lipinski definition) is 3.